The van der Waals surface area contributed by atoms with Crippen molar-refractivity contribution in [3.63, 3.8) is 0 Å². The molecular weight excluding hydrogens is 398 g/mol. The summed E-state index contributed by atoms with van der Waals surface area (Å²) < 4.78 is 3.41. The van der Waals surface area contributed by atoms with E-state index < -0.39 is 22.9 Å². The van der Waals surface area contributed by atoms with E-state index in [-0.39, 0.29) is 12.5 Å². The van der Waals surface area contributed by atoms with Crippen LogP contribution in [-0.2, 0) is 6.54 Å². The smallest absolute Gasteiger partial charge is 0.328 e. The number of nitrogens with one attached hydrogen (secondary N) is 1. The van der Waals surface area contributed by atoms with Crippen molar-refractivity contribution in [2.45, 2.75) is 52.3 Å². The van der Waals surface area contributed by atoms with Gasteiger partial charge in [0, 0.05) is 37.0 Å². The Morgan fingerprint density at radius 3 is 2.77 bits per heavy atom. The molecule has 1 aromatic carbocycles. The molecule has 2 N–H and O–H groups in total. The molecule has 1 aliphatic rings. The number of H-pyrrole nitrogens is 1. The highest BCUT2D eigenvalue weighted by molar-refractivity contribution is 5.97. The maximum atomic E-state index is 13.3. The van der Waals surface area contributed by atoms with Crippen LogP contribution in [0.4, 0.5) is 0 Å². The first-order valence-electron chi connectivity index (χ1n) is 10.4. The summed E-state index contributed by atoms with van der Waals surface area (Å²) in [6.07, 6.45) is 1.75. The molecule has 3 aromatic rings. The molecule has 4 rings (SSSR count). The first kappa shape index (κ1) is 21.0. The Bertz CT molecular complexity index is 1280. The van der Waals surface area contributed by atoms with Crippen LogP contribution in [0.5, 0.6) is 0 Å². The number of carbonyl (C=O) groups is 1. The largest absolute Gasteiger partial charge is 0.388 e. The fourth-order valence-corrected chi connectivity index (χ4v) is 4.38. The Labute approximate surface area is 179 Å². The Morgan fingerprint density at radius 2 is 2.06 bits per heavy atom. The quantitative estimate of drug-likeness (QED) is 0.658. The molecule has 0 bridgehead atoms. The van der Waals surface area contributed by atoms with Gasteiger partial charge >= 0.3 is 5.69 Å². The molecule has 1 amide bonds. The Morgan fingerprint density at radius 1 is 1.32 bits per heavy atom. The molecule has 31 heavy (non-hydrogen) atoms. The zero-order valence-electron chi connectivity index (χ0n) is 18.2. The number of imidazole rings is 1. The number of amides is 1. The third kappa shape index (κ3) is 3.59. The fraction of sp³-hybridized carbons (Fsp3) is 0.455. The third-order valence-corrected chi connectivity index (χ3v) is 6.27. The lowest BCUT2D eigenvalue weighted by Gasteiger charge is -2.43. The van der Waals surface area contributed by atoms with Gasteiger partial charge in [0.05, 0.1) is 22.7 Å². The minimum atomic E-state index is -1.20. The van der Waals surface area contributed by atoms with Crippen molar-refractivity contribution in [3.05, 3.63) is 62.2 Å². The molecule has 0 saturated carbocycles. The SMILES string of the molecule is CCn1c(C)nc2cc(C(=O)N3CC[C@@](C)(O)[C@H](n4cc(C)c(=O)[nH]c4=O)C3)ccc21. The van der Waals surface area contributed by atoms with Crippen LogP contribution in [0.1, 0.15) is 48.1 Å². The van der Waals surface area contributed by atoms with E-state index in [1.807, 2.05) is 19.9 Å². The van der Waals surface area contributed by atoms with Crippen LogP contribution in [0.15, 0.2) is 34.0 Å². The van der Waals surface area contributed by atoms with Gasteiger partial charge in [0.2, 0.25) is 0 Å². The Balaban J connectivity index is 1.67. The number of aliphatic hydroxyl groups is 1. The number of rotatable bonds is 3. The van der Waals surface area contributed by atoms with E-state index in [0.29, 0.717) is 24.1 Å². The predicted molar refractivity (Wildman–Crippen MR) is 116 cm³/mol. The number of aromatic nitrogens is 4. The van der Waals surface area contributed by atoms with Crippen molar-refractivity contribution in [1.29, 1.82) is 0 Å². The molecule has 1 aliphatic heterocycles. The highest BCUT2D eigenvalue weighted by Gasteiger charge is 2.41. The van der Waals surface area contributed by atoms with Gasteiger partial charge in [0.15, 0.2) is 0 Å². The highest BCUT2D eigenvalue weighted by Crippen LogP contribution is 2.31. The highest BCUT2D eigenvalue weighted by atomic mass is 16.3. The average Bonchev–Trinajstić information content (AvgIpc) is 3.04. The maximum absolute atomic E-state index is 13.3. The molecule has 1 fully saturated rings. The zero-order valence-corrected chi connectivity index (χ0v) is 18.2. The number of hydrogen-bond donors (Lipinski definition) is 2. The summed E-state index contributed by atoms with van der Waals surface area (Å²) in [5.74, 6) is 0.712. The number of aryl methyl sites for hydroxylation is 3. The lowest BCUT2D eigenvalue weighted by atomic mass is 9.87. The topological polar surface area (TPSA) is 113 Å². The van der Waals surface area contributed by atoms with E-state index >= 15 is 0 Å². The van der Waals surface area contributed by atoms with Crippen LogP contribution in [0.2, 0.25) is 0 Å². The van der Waals surface area contributed by atoms with Crippen LogP contribution >= 0.6 is 0 Å². The summed E-state index contributed by atoms with van der Waals surface area (Å²) in [5, 5.41) is 10.9. The number of likely N-dealkylation sites (tertiary alicyclic amines) is 1. The zero-order chi connectivity index (χ0) is 22.5. The van der Waals surface area contributed by atoms with Gasteiger partial charge in [0.1, 0.15) is 5.82 Å². The molecule has 2 aromatic heterocycles. The lowest BCUT2D eigenvalue weighted by molar-refractivity contribution is -0.0460. The van der Waals surface area contributed by atoms with Crippen molar-refractivity contribution >= 4 is 16.9 Å². The monoisotopic (exact) mass is 425 g/mol. The van der Waals surface area contributed by atoms with E-state index in [4.69, 9.17) is 0 Å². The minimum absolute atomic E-state index is 0.150. The van der Waals surface area contributed by atoms with Crippen LogP contribution in [-0.4, -0.2) is 53.7 Å². The van der Waals surface area contributed by atoms with Crippen molar-refractivity contribution in [3.8, 4) is 0 Å². The molecule has 3 heterocycles. The second kappa shape index (κ2) is 7.49. The molecule has 0 unspecified atom stereocenters. The van der Waals surface area contributed by atoms with Gasteiger partial charge in [-0.2, -0.15) is 0 Å². The molecule has 0 spiro atoms. The second-order valence-corrected chi connectivity index (χ2v) is 8.46. The van der Waals surface area contributed by atoms with E-state index in [0.717, 1.165) is 23.4 Å². The molecule has 164 valence electrons. The number of piperidine rings is 1. The summed E-state index contributed by atoms with van der Waals surface area (Å²) in [7, 11) is 0. The van der Waals surface area contributed by atoms with Gasteiger partial charge in [-0.1, -0.05) is 0 Å². The maximum Gasteiger partial charge on any atom is 0.328 e. The van der Waals surface area contributed by atoms with Crippen molar-refractivity contribution in [2.24, 2.45) is 0 Å². The fourth-order valence-electron chi connectivity index (χ4n) is 4.38. The number of nitrogens with zero attached hydrogens (tertiary/aromatic N) is 4. The van der Waals surface area contributed by atoms with Gasteiger partial charge in [0.25, 0.3) is 11.5 Å². The van der Waals surface area contributed by atoms with Gasteiger partial charge in [-0.25, -0.2) is 9.78 Å². The number of aromatic amines is 1. The van der Waals surface area contributed by atoms with E-state index in [1.54, 1.807) is 30.9 Å². The lowest BCUT2D eigenvalue weighted by Crippen LogP contribution is -2.55. The van der Waals surface area contributed by atoms with Crippen LogP contribution < -0.4 is 11.2 Å². The Kier molecular flexibility index (Phi) is 5.09. The van der Waals surface area contributed by atoms with Gasteiger partial charge in [-0.3, -0.25) is 19.1 Å². The molecule has 2 atom stereocenters. The van der Waals surface area contributed by atoms with Crippen molar-refractivity contribution < 1.29 is 9.90 Å². The molecule has 9 nitrogen and oxygen atoms in total. The van der Waals surface area contributed by atoms with E-state index in [9.17, 15) is 19.5 Å². The first-order valence-corrected chi connectivity index (χ1v) is 10.4. The van der Waals surface area contributed by atoms with Crippen molar-refractivity contribution in [1.82, 2.24) is 24.0 Å². The summed E-state index contributed by atoms with van der Waals surface area (Å²) in [4.78, 5) is 45.9. The number of hydrogen-bond acceptors (Lipinski definition) is 5. The van der Waals surface area contributed by atoms with Gasteiger partial charge in [-0.15, -0.1) is 0 Å². The summed E-state index contributed by atoms with van der Waals surface area (Å²) in [5.41, 5.74) is 0.359. The standard InChI is InChI=1S/C22H27N5O4/c1-5-26-14(3)23-16-10-15(6-7-17(16)26)20(29)25-9-8-22(4,31)18(12-25)27-11-13(2)19(28)24-21(27)30/h6-7,10-11,18,31H,5,8-9,12H2,1-4H3,(H,24,28,30)/t18-,22-/m1/s1. The second-order valence-electron chi connectivity index (χ2n) is 8.46. The first-order chi connectivity index (χ1) is 14.6. The van der Waals surface area contributed by atoms with E-state index in [1.165, 1.54) is 10.8 Å². The predicted octanol–water partition coefficient (Wildman–Crippen LogP) is 1.36. The molecule has 9 heteroatoms. The number of carbonyl (C=O) groups excluding carboxylic acids is 1. The average molecular weight is 425 g/mol. The normalized spacial score (nSPS) is 21.6. The van der Waals surface area contributed by atoms with Gasteiger partial charge < -0.3 is 14.6 Å². The summed E-state index contributed by atoms with van der Waals surface area (Å²) >= 11 is 0. The summed E-state index contributed by atoms with van der Waals surface area (Å²) in [6, 6.07) is 4.79. The summed E-state index contributed by atoms with van der Waals surface area (Å²) in [6.45, 7) is 8.55. The molecular formula is C22H27N5O4. The van der Waals surface area contributed by atoms with Crippen LogP contribution in [0.3, 0.4) is 0 Å². The van der Waals surface area contributed by atoms with Crippen LogP contribution in [0.25, 0.3) is 11.0 Å². The number of benzene rings is 1. The minimum Gasteiger partial charge on any atom is -0.388 e. The molecule has 1 saturated heterocycles. The van der Waals surface area contributed by atoms with E-state index in [2.05, 4.69) is 14.5 Å². The number of fused-ring (bicyclic) bond motifs is 1. The van der Waals surface area contributed by atoms with Gasteiger partial charge in [-0.05, 0) is 52.3 Å². The molecule has 0 aliphatic carbocycles. The third-order valence-electron chi connectivity index (χ3n) is 6.27. The molecule has 0 radical (unpaired) electrons. The van der Waals surface area contributed by atoms with Crippen molar-refractivity contribution in [2.75, 3.05) is 13.1 Å². The van der Waals surface area contributed by atoms with Crippen LogP contribution in [0, 0.1) is 13.8 Å². The Hall–Kier alpha value is -3.20.